The van der Waals surface area contributed by atoms with Gasteiger partial charge >= 0.3 is 0 Å². The molecule has 0 unspecified atom stereocenters. The molecule has 64 valence electrons. The quantitative estimate of drug-likeness (QED) is 0.744. The molecular weight excluding hydrogens is 281 g/mol. The second kappa shape index (κ2) is 3.55. The topological polar surface area (TPSA) is 26.0 Å². The second-order valence-corrected chi connectivity index (χ2v) is 5.31. The van der Waals surface area contributed by atoms with Crippen molar-refractivity contribution in [3.63, 3.8) is 0 Å². The number of rotatable bonds is 0. The SMILES string of the molecule is N[C@@H]1CCSc2cc(I)ccc21. The highest BCUT2D eigenvalue weighted by molar-refractivity contribution is 14.1. The average molecular weight is 291 g/mol. The maximum absolute atomic E-state index is 5.98. The number of nitrogens with two attached hydrogens (primary N) is 1. The van der Waals surface area contributed by atoms with Crippen LogP contribution in [0.25, 0.3) is 0 Å². The lowest BCUT2D eigenvalue weighted by Crippen LogP contribution is -2.15. The molecule has 2 N–H and O–H groups in total. The van der Waals surface area contributed by atoms with Crippen LogP contribution in [0.3, 0.4) is 0 Å². The third-order valence-corrected chi connectivity index (χ3v) is 3.84. The zero-order valence-corrected chi connectivity index (χ0v) is 9.56. The van der Waals surface area contributed by atoms with Crippen molar-refractivity contribution in [2.75, 3.05) is 5.75 Å². The summed E-state index contributed by atoms with van der Waals surface area (Å²) in [6.07, 6.45) is 1.11. The molecule has 0 bridgehead atoms. The molecule has 2 rings (SSSR count). The number of hydrogen-bond donors (Lipinski definition) is 1. The van der Waals surface area contributed by atoms with Crippen LogP contribution in [-0.4, -0.2) is 5.75 Å². The van der Waals surface area contributed by atoms with E-state index in [4.69, 9.17) is 5.73 Å². The molecule has 1 aromatic carbocycles. The minimum atomic E-state index is 0.262. The predicted octanol–water partition coefficient (Wildman–Crippen LogP) is 2.79. The van der Waals surface area contributed by atoms with E-state index in [1.54, 1.807) is 0 Å². The first kappa shape index (κ1) is 8.84. The summed E-state index contributed by atoms with van der Waals surface area (Å²) in [6, 6.07) is 6.77. The number of benzene rings is 1. The lowest BCUT2D eigenvalue weighted by atomic mass is 10.1. The van der Waals surface area contributed by atoms with E-state index in [0.717, 1.165) is 12.2 Å². The van der Waals surface area contributed by atoms with Crippen LogP contribution >= 0.6 is 34.4 Å². The van der Waals surface area contributed by atoms with Crippen molar-refractivity contribution >= 4 is 34.4 Å². The molecule has 1 atom stereocenters. The highest BCUT2D eigenvalue weighted by Crippen LogP contribution is 2.35. The van der Waals surface area contributed by atoms with Crippen LogP contribution in [0.2, 0.25) is 0 Å². The van der Waals surface area contributed by atoms with Gasteiger partial charge in [-0.05, 0) is 52.5 Å². The van der Waals surface area contributed by atoms with Gasteiger partial charge in [0.15, 0.2) is 0 Å². The zero-order valence-electron chi connectivity index (χ0n) is 6.59. The van der Waals surface area contributed by atoms with Crippen molar-refractivity contribution in [2.45, 2.75) is 17.4 Å². The van der Waals surface area contributed by atoms with E-state index in [1.807, 2.05) is 11.8 Å². The van der Waals surface area contributed by atoms with E-state index in [9.17, 15) is 0 Å². The molecule has 0 amide bonds. The molecule has 0 spiro atoms. The molecule has 0 radical (unpaired) electrons. The normalized spacial score (nSPS) is 22.0. The van der Waals surface area contributed by atoms with Crippen molar-refractivity contribution in [1.29, 1.82) is 0 Å². The van der Waals surface area contributed by atoms with Crippen molar-refractivity contribution in [1.82, 2.24) is 0 Å². The van der Waals surface area contributed by atoms with Gasteiger partial charge in [-0.25, -0.2) is 0 Å². The van der Waals surface area contributed by atoms with Crippen LogP contribution in [0.1, 0.15) is 18.0 Å². The van der Waals surface area contributed by atoms with Gasteiger partial charge in [0.25, 0.3) is 0 Å². The molecule has 1 nitrogen and oxygen atoms in total. The molecule has 0 saturated carbocycles. The second-order valence-electron chi connectivity index (χ2n) is 2.93. The van der Waals surface area contributed by atoms with Crippen molar-refractivity contribution in [3.05, 3.63) is 27.3 Å². The Labute approximate surface area is 90.2 Å². The highest BCUT2D eigenvalue weighted by Gasteiger charge is 2.16. The minimum Gasteiger partial charge on any atom is -0.324 e. The third-order valence-electron chi connectivity index (χ3n) is 2.06. The largest absolute Gasteiger partial charge is 0.324 e. The monoisotopic (exact) mass is 291 g/mol. The van der Waals surface area contributed by atoms with Crippen LogP contribution in [-0.2, 0) is 0 Å². The fourth-order valence-electron chi connectivity index (χ4n) is 1.39. The summed E-state index contributed by atoms with van der Waals surface area (Å²) in [4.78, 5) is 1.38. The van der Waals surface area contributed by atoms with E-state index >= 15 is 0 Å². The number of halogens is 1. The minimum absolute atomic E-state index is 0.262. The van der Waals surface area contributed by atoms with Gasteiger partial charge in [0.05, 0.1) is 0 Å². The van der Waals surface area contributed by atoms with Gasteiger partial charge in [-0.15, -0.1) is 11.8 Å². The molecule has 0 aromatic heterocycles. The summed E-state index contributed by atoms with van der Waals surface area (Å²) < 4.78 is 1.30. The first-order valence-electron chi connectivity index (χ1n) is 3.95. The van der Waals surface area contributed by atoms with Crippen LogP contribution in [0.5, 0.6) is 0 Å². The van der Waals surface area contributed by atoms with Crippen molar-refractivity contribution < 1.29 is 0 Å². The third kappa shape index (κ3) is 1.63. The van der Waals surface area contributed by atoms with Crippen LogP contribution in [0.15, 0.2) is 23.1 Å². The number of hydrogen-bond acceptors (Lipinski definition) is 2. The van der Waals surface area contributed by atoms with Crippen LogP contribution in [0, 0.1) is 3.57 Å². The Morgan fingerprint density at radius 3 is 3.17 bits per heavy atom. The molecule has 1 heterocycles. The smallest absolute Gasteiger partial charge is 0.0314 e. The standard InChI is InChI=1S/C9H10INS/c10-6-1-2-7-8(11)3-4-12-9(7)5-6/h1-2,5,8H,3-4,11H2/t8-/m1/s1. The summed E-state index contributed by atoms with van der Waals surface area (Å²) in [6.45, 7) is 0. The summed E-state index contributed by atoms with van der Waals surface area (Å²) in [5.41, 5.74) is 7.31. The fourth-order valence-corrected chi connectivity index (χ4v) is 3.28. The molecule has 0 saturated heterocycles. The lowest BCUT2D eigenvalue weighted by molar-refractivity contribution is 0.680. The van der Waals surface area contributed by atoms with Gasteiger partial charge in [-0.2, -0.15) is 0 Å². The summed E-state index contributed by atoms with van der Waals surface area (Å²) in [7, 11) is 0. The molecule has 1 aliphatic rings. The molecule has 12 heavy (non-hydrogen) atoms. The van der Waals surface area contributed by atoms with Crippen molar-refractivity contribution in [3.8, 4) is 0 Å². The number of thioether (sulfide) groups is 1. The highest BCUT2D eigenvalue weighted by atomic mass is 127. The van der Waals surface area contributed by atoms with E-state index in [0.29, 0.717) is 0 Å². The fraction of sp³-hybridized carbons (Fsp3) is 0.333. The molecule has 1 aliphatic heterocycles. The van der Waals surface area contributed by atoms with Crippen LogP contribution < -0.4 is 5.73 Å². The molecule has 0 fully saturated rings. The zero-order chi connectivity index (χ0) is 8.55. The van der Waals surface area contributed by atoms with Gasteiger partial charge in [0.1, 0.15) is 0 Å². The maximum atomic E-state index is 5.98. The maximum Gasteiger partial charge on any atom is 0.0314 e. The van der Waals surface area contributed by atoms with Gasteiger partial charge in [0, 0.05) is 14.5 Å². The summed E-state index contributed by atoms with van der Waals surface area (Å²) in [5, 5.41) is 0. The Balaban J connectivity index is 2.46. The van der Waals surface area contributed by atoms with E-state index in [2.05, 4.69) is 40.8 Å². The van der Waals surface area contributed by atoms with Crippen LogP contribution in [0.4, 0.5) is 0 Å². The Bertz CT molecular complexity index is 301. The Morgan fingerprint density at radius 1 is 1.50 bits per heavy atom. The van der Waals surface area contributed by atoms with E-state index < -0.39 is 0 Å². The summed E-state index contributed by atoms with van der Waals surface area (Å²) in [5.74, 6) is 1.16. The van der Waals surface area contributed by atoms with Crippen molar-refractivity contribution in [2.24, 2.45) is 5.73 Å². The Hall–Kier alpha value is 0.260. The van der Waals surface area contributed by atoms with E-state index in [1.165, 1.54) is 14.0 Å². The first-order chi connectivity index (χ1) is 5.77. The van der Waals surface area contributed by atoms with Gasteiger partial charge in [-0.3, -0.25) is 0 Å². The Morgan fingerprint density at radius 2 is 2.33 bits per heavy atom. The lowest BCUT2D eigenvalue weighted by Gasteiger charge is -2.21. The average Bonchev–Trinajstić information content (AvgIpc) is 2.04. The van der Waals surface area contributed by atoms with Gasteiger partial charge in [-0.1, -0.05) is 6.07 Å². The molecule has 0 aliphatic carbocycles. The Kier molecular flexibility index (Phi) is 2.62. The van der Waals surface area contributed by atoms with Gasteiger partial charge < -0.3 is 5.73 Å². The van der Waals surface area contributed by atoms with E-state index in [-0.39, 0.29) is 6.04 Å². The van der Waals surface area contributed by atoms with Gasteiger partial charge in [0.2, 0.25) is 0 Å². The predicted molar refractivity (Wildman–Crippen MR) is 61.4 cm³/mol. The molecule has 3 heteroatoms. The number of fused-ring (bicyclic) bond motifs is 1. The molecular formula is C9H10INS. The first-order valence-corrected chi connectivity index (χ1v) is 6.01. The molecule has 1 aromatic rings. The summed E-state index contributed by atoms with van der Waals surface area (Å²) >= 11 is 4.26.